The van der Waals surface area contributed by atoms with E-state index in [2.05, 4.69) is 33.7 Å². The Morgan fingerprint density at radius 3 is 2.54 bits per heavy atom. The molecule has 26 heavy (non-hydrogen) atoms. The Bertz CT molecular complexity index is 724. The van der Waals surface area contributed by atoms with Crippen molar-refractivity contribution in [3.05, 3.63) is 57.8 Å². The molecular weight excluding hydrogens is 346 g/mol. The fourth-order valence-electron chi connectivity index (χ4n) is 3.13. The lowest BCUT2D eigenvalue weighted by molar-refractivity contribution is -0.121. The van der Waals surface area contributed by atoms with Crippen LogP contribution in [0.3, 0.4) is 0 Å². The monoisotopic (exact) mass is 371 g/mol. The van der Waals surface area contributed by atoms with E-state index in [0.29, 0.717) is 18.7 Å². The van der Waals surface area contributed by atoms with E-state index in [4.69, 9.17) is 0 Å². The molecule has 6 heteroatoms. The van der Waals surface area contributed by atoms with Crippen LogP contribution in [0.2, 0.25) is 0 Å². The minimum absolute atomic E-state index is 0.0494. The van der Waals surface area contributed by atoms with Crippen LogP contribution >= 0.6 is 11.3 Å². The first-order valence-corrected chi connectivity index (χ1v) is 10.0. The van der Waals surface area contributed by atoms with Gasteiger partial charge in [-0.25, -0.2) is 0 Å². The van der Waals surface area contributed by atoms with E-state index in [1.54, 1.807) is 11.4 Å². The third-order valence-corrected chi connectivity index (χ3v) is 5.29. The second-order valence-corrected chi connectivity index (χ2v) is 7.33. The maximum absolute atomic E-state index is 12.1. The van der Waals surface area contributed by atoms with Gasteiger partial charge in [0.25, 0.3) is 5.91 Å². The number of carbonyl (C=O) groups excluding carboxylic acids is 2. The Morgan fingerprint density at radius 2 is 1.81 bits per heavy atom. The standard InChI is InChI=1S/C20H25N3O2S/c24-19(7-9-21-20(25)18-8-12-26-15-18)22-13-16-5-1-2-6-17(16)14-23-10-3-4-11-23/h1-2,5-6,8,12,15H,3-4,7,9-11,13-14H2,(H,21,25)(H,22,24). The molecule has 1 fully saturated rings. The molecule has 5 nitrogen and oxygen atoms in total. The predicted molar refractivity (Wildman–Crippen MR) is 104 cm³/mol. The number of thiophene rings is 1. The van der Waals surface area contributed by atoms with E-state index in [-0.39, 0.29) is 18.2 Å². The summed E-state index contributed by atoms with van der Waals surface area (Å²) < 4.78 is 0. The van der Waals surface area contributed by atoms with Crippen LogP contribution in [-0.2, 0) is 17.9 Å². The number of nitrogens with zero attached hydrogens (tertiary/aromatic N) is 1. The average Bonchev–Trinajstić information content (AvgIpc) is 3.35. The number of hydrogen-bond donors (Lipinski definition) is 2. The first-order chi connectivity index (χ1) is 12.7. The largest absolute Gasteiger partial charge is 0.352 e. The smallest absolute Gasteiger partial charge is 0.252 e. The van der Waals surface area contributed by atoms with Gasteiger partial charge in [0, 0.05) is 37.0 Å². The van der Waals surface area contributed by atoms with Crippen LogP contribution in [0.1, 0.15) is 40.7 Å². The van der Waals surface area contributed by atoms with E-state index < -0.39 is 0 Å². The second kappa shape index (κ2) is 9.50. The number of amides is 2. The van der Waals surface area contributed by atoms with E-state index in [1.165, 1.54) is 29.7 Å². The summed E-state index contributed by atoms with van der Waals surface area (Å²) in [6.45, 7) is 4.13. The predicted octanol–water partition coefficient (Wildman–Crippen LogP) is 2.78. The van der Waals surface area contributed by atoms with Crippen LogP contribution in [0.4, 0.5) is 0 Å². The highest BCUT2D eigenvalue weighted by atomic mass is 32.1. The van der Waals surface area contributed by atoms with Crippen LogP contribution < -0.4 is 10.6 Å². The molecule has 3 rings (SSSR count). The number of hydrogen-bond acceptors (Lipinski definition) is 4. The van der Waals surface area contributed by atoms with Gasteiger partial charge in [-0.15, -0.1) is 0 Å². The van der Waals surface area contributed by atoms with Crippen molar-refractivity contribution < 1.29 is 9.59 Å². The summed E-state index contributed by atoms with van der Waals surface area (Å²) in [4.78, 5) is 26.4. The fourth-order valence-corrected chi connectivity index (χ4v) is 3.77. The minimum atomic E-state index is -0.130. The van der Waals surface area contributed by atoms with Gasteiger partial charge in [0.15, 0.2) is 0 Å². The fraction of sp³-hybridized carbons (Fsp3) is 0.400. The van der Waals surface area contributed by atoms with E-state index in [0.717, 1.165) is 25.2 Å². The summed E-state index contributed by atoms with van der Waals surface area (Å²) in [5, 5.41) is 9.40. The number of nitrogens with one attached hydrogen (secondary N) is 2. The summed E-state index contributed by atoms with van der Waals surface area (Å²) in [6, 6.07) is 10.1. The highest BCUT2D eigenvalue weighted by molar-refractivity contribution is 7.08. The molecule has 138 valence electrons. The quantitative estimate of drug-likeness (QED) is 0.750. The first-order valence-electron chi connectivity index (χ1n) is 9.08. The molecule has 2 N–H and O–H groups in total. The maximum atomic E-state index is 12.1. The van der Waals surface area contributed by atoms with Gasteiger partial charge in [0.2, 0.25) is 5.91 Å². The van der Waals surface area contributed by atoms with Crippen molar-refractivity contribution in [3.63, 3.8) is 0 Å². The van der Waals surface area contributed by atoms with Gasteiger partial charge in [0.05, 0.1) is 0 Å². The summed E-state index contributed by atoms with van der Waals surface area (Å²) in [6.07, 6.45) is 2.83. The van der Waals surface area contributed by atoms with Crippen LogP contribution in [0, 0.1) is 0 Å². The summed E-state index contributed by atoms with van der Waals surface area (Å²) in [7, 11) is 0. The first kappa shape index (κ1) is 18.6. The lowest BCUT2D eigenvalue weighted by atomic mass is 10.1. The van der Waals surface area contributed by atoms with Crippen molar-refractivity contribution in [2.75, 3.05) is 19.6 Å². The Kier molecular flexibility index (Phi) is 6.80. The highest BCUT2D eigenvalue weighted by Gasteiger charge is 2.14. The van der Waals surface area contributed by atoms with Gasteiger partial charge in [-0.2, -0.15) is 11.3 Å². The maximum Gasteiger partial charge on any atom is 0.252 e. The Morgan fingerprint density at radius 1 is 1.04 bits per heavy atom. The highest BCUT2D eigenvalue weighted by Crippen LogP contribution is 2.16. The SMILES string of the molecule is O=C(CCNC(=O)c1ccsc1)NCc1ccccc1CN1CCCC1. The molecule has 2 amide bonds. The lowest BCUT2D eigenvalue weighted by Crippen LogP contribution is -2.30. The zero-order valence-corrected chi connectivity index (χ0v) is 15.7. The molecule has 0 radical (unpaired) electrons. The van der Waals surface area contributed by atoms with Crippen LogP contribution in [0.25, 0.3) is 0 Å². The Balaban J connectivity index is 1.42. The van der Waals surface area contributed by atoms with Gasteiger partial charge < -0.3 is 10.6 Å². The molecule has 1 aromatic heterocycles. The van der Waals surface area contributed by atoms with Crippen LogP contribution in [0.15, 0.2) is 41.1 Å². The van der Waals surface area contributed by atoms with Crippen LogP contribution in [0.5, 0.6) is 0 Å². The molecule has 0 atom stereocenters. The van der Waals surface area contributed by atoms with Gasteiger partial charge >= 0.3 is 0 Å². The summed E-state index contributed by atoms with van der Waals surface area (Å²) in [5.74, 6) is -0.179. The number of rotatable bonds is 8. The number of likely N-dealkylation sites (tertiary alicyclic amines) is 1. The Hall–Kier alpha value is -2.18. The van der Waals surface area contributed by atoms with E-state index >= 15 is 0 Å². The molecule has 0 unspecified atom stereocenters. The molecule has 0 bridgehead atoms. The van der Waals surface area contributed by atoms with Crippen molar-refractivity contribution in [3.8, 4) is 0 Å². The van der Waals surface area contributed by atoms with Gasteiger partial charge in [-0.05, 0) is 48.5 Å². The van der Waals surface area contributed by atoms with E-state index in [1.807, 2.05) is 11.4 Å². The lowest BCUT2D eigenvalue weighted by Gasteiger charge is -2.17. The van der Waals surface area contributed by atoms with Gasteiger partial charge in [-0.3, -0.25) is 14.5 Å². The van der Waals surface area contributed by atoms with Crippen molar-refractivity contribution in [2.45, 2.75) is 32.4 Å². The van der Waals surface area contributed by atoms with Crippen molar-refractivity contribution in [1.82, 2.24) is 15.5 Å². The zero-order chi connectivity index (χ0) is 18.2. The molecule has 0 aliphatic carbocycles. The summed E-state index contributed by atoms with van der Waals surface area (Å²) >= 11 is 1.48. The van der Waals surface area contributed by atoms with E-state index in [9.17, 15) is 9.59 Å². The minimum Gasteiger partial charge on any atom is -0.352 e. The van der Waals surface area contributed by atoms with Crippen LogP contribution in [-0.4, -0.2) is 36.3 Å². The number of benzene rings is 1. The molecular formula is C20H25N3O2S. The molecule has 0 saturated carbocycles. The van der Waals surface area contributed by atoms with Gasteiger partial charge in [0.1, 0.15) is 0 Å². The third kappa shape index (κ3) is 5.41. The molecule has 2 heterocycles. The van der Waals surface area contributed by atoms with Crippen molar-refractivity contribution >= 4 is 23.2 Å². The topological polar surface area (TPSA) is 61.4 Å². The molecule has 0 spiro atoms. The molecule has 1 saturated heterocycles. The zero-order valence-electron chi connectivity index (χ0n) is 14.9. The van der Waals surface area contributed by atoms with Gasteiger partial charge in [-0.1, -0.05) is 24.3 Å². The van der Waals surface area contributed by atoms with Crippen molar-refractivity contribution in [2.24, 2.45) is 0 Å². The van der Waals surface area contributed by atoms with Crippen molar-refractivity contribution in [1.29, 1.82) is 0 Å². The third-order valence-electron chi connectivity index (χ3n) is 4.61. The average molecular weight is 372 g/mol. The molecule has 1 aromatic carbocycles. The number of carbonyl (C=O) groups is 2. The molecule has 2 aromatic rings. The second-order valence-electron chi connectivity index (χ2n) is 6.55. The normalized spacial score (nSPS) is 14.3. The summed E-state index contributed by atoms with van der Waals surface area (Å²) in [5.41, 5.74) is 3.08. The molecule has 1 aliphatic heterocycles. The Labute approximate surface area is 158 Å². The molecule has 1 aliphatic rings.